The molecule has 6 heteroatoms. The van der Waals surface area contributed by atoms with Crippen molar-refractivity contribution in [3.05, 3.63) is 0 Å². The van der Waals surface area contributed by atoms with Crippen molar-refractivity contribution in [2.45, 2.75) is 5.66 Å². The van der Waals surface area contributed by atoms with Gasteiger partial charge in [-0.15, -0.1) is 0 Å². The SMILES string of the molecule is CN1NC1(C(N)=O)C(N)=O. The molecule has 5 N–H and O–H groups in total. The summed E-state index contributed by atoms with van der Waals surface area (Å²) < 4.78 is 0. The molecule has 1 unspecified atom stereocenters. The molecule has 1 rings (SSSR count). The highest BCUT2D eigenvalue weighted by Gasteiger charge is 2.60. The summed E-state index contributed by atoms with van der Waals surface area (Å²) in [6.07, 6.45) is 0. The summed E-state index contributed by atoms with van der Waals surface area (Å²) in [5, 5.41) is 1.26. The van der Waals surface area contributed by atoms with Gasteiger partial charge >= 0.3 is 0 Å². The lowest BCUT2D eigenvalue weighted by Crippen LogP contribution is -2.48. The zero-order chi connectivity index (χ0) is 7.94. The first-order valence-electron chi connectivity index (χ1n) is 2.63. The van der Waals surface area contributed by atoms with Gasteiger partial charge in [0.15, 0.2) is 0 Å². The Kier molecular flexibility index (Phi) is 1.17. The van der Waals surface area contributed by atoms with Crippen LogP contribution in [0.2, 0.25) is 0 Å². The van der Waals surface area contributed by atoms with Crippen molar-refractivity contribution in [1.82, 2.24) is 10.4 Å². The Morgan fingerprint density at radius 1 is 1.40 bits per heavy atom. The van der Waals surface area contributed by atoms with Gasteiger partial charge in [-0.3, -0.25) is 9.59 Å². The fourth-order valence-electron chi connectivity index (χ4n) is 0.780. The third kappa shape index (κ3) is 0.597. The van der Waals surface area contributed by atoms with Crippen molar-refractivity contribution in [3.63, 3.8) is 0 Å². The first-order valence-corrected chi connectivity index (χ1v) is 2.63. The summed E-state index contributed by atoms with van der Waals surface area (Å²) in [6.45, 7) is 0. The molecule has 0 bridgehead atoms. The minimum absolute atomic E-state index is 0.775. The first-order chi connectivity index (χ1) is 4.51. The number of nitrogens with one attached hydrogen (secondary N) is 1. The van der Waals surface area contributed by atoms with E-state index in [2.05, 4.69) is 5.43 Å². The lowest BCUT2D eigenvalue weighted by molar-refractivity contribution is -0.131. The summed E-state index contributed by atoms with van der Waals surface area (Å²) in [6, 6.07) is 0. The van der Waals surface area contributed by atoms with Gasteiger partial charge in [-0.1, -0.05) is 0 Å². The van der Waals surface area contributed by atoms with Gasteiger partial charge in [0.2, 0.25) is 0 Å². The Morgan fingerprint density at radius 2 is 1.70 bits per heavy atom. The average molecular weight is 144 g/mol. The topological polar surface area (TPSA) is 111 Å². The number of likely N-dealkylation sites (N-methyl/N-ethyl adjacent to an activating group) is 1. The molecule has 56 valence electrons. The number of hydrogen-bond acceptors (Lipinski definition) is 4. The zero-order valence-electron chi connectivity index (χ0n) is 5.42. The molecule has 2 amide bonds. The van der Waals surface area contributed by atoms with Gasteiger partial charge in [-0.25, -0.2) is 10.4 Å². The predicted molar refractivity (Wildman–Crippen MR) is 32.0 cm³/mol. The standard InChI is InChI=1S/C4H8N4O2/c1-8-4(7-8,2(5)9)3(6)10/h7H,1H3,(H2,5,9)(H2,6,10). The average Bonchev–Trinajstić information content (AvgIpc) is 2.42. The first kappa shape index (κ1) is 6.97. The van der Waals surface area contributed by atoms with E-state index in [1.54, 1.807) is 0 Å². The van der Waals surface area contributed by atoms with Crippen LogP contribution in [0.15, 0.2) is 0 Å². The van der Waals surface area contributed by atoms with Gasteiger partial charge in [0.1, 0.15) is 0 Å². The van der Waals surface area contributed by atoms with E-state index in [0.717, 1.165) is 0 Å². The van der Waals surface area contributed by atoms with E-state index in [1.807, 2.05) is 0 Å². The molecular formula is C4H8N4O2. The highest BCUT2D eigenvalue weighted by Crippen LogP contribution is 2.20. The highest BCUT2D eigenvalue weighted by molar-refractivity contribution is 6.10. The Morgan fingerprint density at radius 3 is 1.70 bits per heavy atom. The van der Waals surface area contributed by atoms with Crippen molar-refractivity contribution in [1.29, 1.82) is 0 Å². The second-order valence-electron chi connectivity index (χ2n) is 2.11. The molecule has 1 aliphatic rings. The van der Waals surface area contributed by atoms with Crippen LogP contribution < -0.4 is 16.9 Å². The van der Waals surface area contributed by atoms with E-state index in [1.165, 1.54) is 12.1 Å². The van der Waals surface area contributed by atoms with E-state index in [9.17, 15) is 9.59 Å². The van der Waals surface area contributed by atoms with E-state index in [4.69, 9.17) is 11.5 Å². The van der Waals surface area contributed by atoms with Gasteiger partial charge in [0.25, 0.3) is 17.5 Å². The molecule has 0 radical (unpaired) electrons. The Bertz CT molecular complexity index is 187. The number of amides is 2. The summed E-state index contributed by atoms with van der Waals surface area (Å²) in [4.78, 5) is 21.1. The summed E-state index contributed by atoms with van der Waals surface area (Å²) in [5.41, 5.74) is 10.8. The Labute approximate surface area is 57.1 Å². The Hall–Kier alpha value is -1.14. The fraction of sp³-hybridized carbons (Fsp3) is 0.500. The van der Waals surface area contributed by atoms with Crippen LogP contribution in [-0.4, -0.2) is 29.5 Å². The summed E-state index contributed by atoms with van der Waals surface area (Å²) in [7, 11) is 1.51. The summed E-state index contributed by atoms with van der Waals surface area (Å²) in [5.74, 6) is -1.55. The smallest absolute Gasteiger partial charge is 0.265 e. The number of hydrazine groups is 1. The Balaban J connectivity index is 2.83. The van der Waals surface area contributed by atoms with Crippen molar-refractivity contribution >= 4 is 11.8 Å². The number of carbonyl (C=O) groups is 2. The quantitative estimate of drug-likeness (QED) is 0.285. The van der Waals surface area contributed by atoms with Crippen LogP contribution >= 0.6 is 0 Å². The number of hydrogen-bond donors (Lipinski definition) is 3. The molecule has 1 aliphatic heterocycles. The van der Waals surface area contributed by atoms with E-state index in [0.29, 0.717) is 0 Å². The molecule has 1 fully saturated rings. The van der Waals surface area contributed by atoms with Gasteiger partial charge in [-0.2, -0.15) is 0 Å². The van der Waals surface area contributed by atoms with Gasteiger partial charge in [0, 0.05) is 7.05 Å². The van der Waals surface area contributed by atoms with Gasteiger partial charge < -0.3 is 11.5 Å². The maximum absolute atomic E-state index is 10.6. The molecule has 10 heavy (non-hydrogen) atoms. The number of nitrogens with zero attached hydrogens (tertiary/aromatic N) is 1. The van der Waals surface area contributed by atoms with E-state index < -0.39 is 17.5 Å². The van der Waals surface area contributed by atoms with E-state index >= 15 is 0 Å². The van der Waals surface area contributed by atoms with Crippen LogP contribution in [0.4, 0.5) is 0 Å². The molecule has 0 spiro atoms. The molecule has 1 saturated heterocycles. The molecule has 0 aromatic carbocycles. The number of carbonyl (C=O) groups excluding carboxylic acids is 2. The predicted octanol–water partition coefficient (Wildman–Crippen LogP) is -2.90. The third-order valence-electron chi connectivity index (χ3n) is 1.50. The molecular weight excluding hydrogens is 136 g/mol. The molecule has 0 aliphatic carbocycles. The monoisotopic (exact) mass is 144 g/mol. The molecule has 1 atom stereocenters. The third-order valence-corrected chi connectivity index (χ3v) is 1.50. The largest absolute Gasteiger partial charge is 0.366 e. The molecule has 0 aromatic rings. The summed E-state index contributed by atoms with van der Waals surface area (Å²) >= 11 is 0. The minimum Gasteiger partial charge on any atom is -0.366 e. The van der Waals surface area contributed by atoms with Gasteiger partial charge in [0.05, 0.1) is 0 Å². The van der Waals surface area contributed by atoms with Crippen molar-refractivity contribution in [2.75, 3.05) is 7.05 Å². The van der Waals surface area contributed by atoms with Crippen LogP contribution in [0, 0.1) is 0 Å². The second-order valence-corrected chi connectivity index (χ2v) is 2.11. The van der Waals surface area contributed by atoms with Crippen LogP contribution in [0.5, 0.6) is 0 Å². The van der Waals surface area contributed by atoms with Gasteiger partial charge in [-0.05, 0) is 0 Å². The minimum atomic E-state index is -1.43. The van der Waals surface area contributed by atoms with Crippen LogP contribution in [0.1, 0.15) is 0 Å². The number of rotatable bonds is 2. The van der Waals surface area contributed by atoms with Crippen molar-refractivity contribution < 1.29 is 9.59 Å². The van der Waals surface area contributed by atoms with Crippen LogP contribution in [-0.2, 0) is 9.59 Å². The number of nitrogens with two attached hydrogens (primary N) is 2. The normalized spacial score (nSPS) is 27.5. The molecule has 0 saturated carbocycles. The maximum Gasteiger partial charge on any atom is 0.265 e. The fourth-order valence-corrected chi connectivity index (χ4v) is 0.780. The van der Waals surface area contributed by atoms with Crippen LogP contribution in [0.25, 0.3) is 0 Å². The van der Waals surface area contributed by atoms with E-state index in [-0.39, 0.29) is 0 Å². The molecule has 1 heterocycles. The lowest BCUT2D eigenvalue weighted by atomic mass is 10.2. The zero-order valence-corrected chi connectivity index (χ0v) is 5.42. The molecule has 6 nitrogen and oxygen atoms in total. The maximum atomic E-state index is 10.6. The van der Waals surface area contributed by atoms with Crippen LogP contribution in [0.3, 0.4) is 0 Å². The van der Waals surface area contributed by atoms with Crippen molar-refractivity contribution in [3.8, 4) is 0 Å². The second kappa shape index (κ2) is 1.68. The number of primary amides is 2. The lowest BCUT2D eigenvalue weighted by Gasteiger charge is -2.01. The molecule has 0 aromatic heterocycles. The highest BCUT2D eigenvalue weighted by atomic mass is 16.2. The van der Waals surface area contributed by atoms with Crippen molar-refractivity contribution in [2.24, 2.45) is 11.5 Å².